The molecule has 0 aromatic rings. The molecule has 0 aromatic carbocycles. The third-order valence-electron chi connectivity index (χ3n) is 4.63. The molecule has 110 valence electrons. The first-order chi connectivity index (χ1) is 9.15. The maximum Gasteiger partial charge on any atom is 0.188 e. The van der Waals surface area contributed by atoms with E-state index in [1.54, 1.807) is 0 Å². The van der Waals surface area contributed by atoms with Crippen molar-refractivity contribution in [3.05, 3.63) is 0 Å². The molecular formula is C15H30N4. The van der Waals surface area contributed by atoms with Crippen LogP contribution in [0.3, 0.4) is 0 Å². The second-order valence-corrected chi connectivity index (χ2v) is 6.50. The number of nitrogens with two attached hydrogens (primary N) is 1. The number of nitrogens with one attached hydrogen (secondary N) is 1. The summed E-state index contributed by atoms with van der Waals surface area (Å²) in [5, 5.41) is 3.26. The predicted octanol–water partition coefficient (Wildman–Crippen LogP) is 1.81. The van der Waals surface area contributed by atoms with Gasteiger partial charge in [0.1, 0.15) is 0 Å². The van der Waals surface area contributed by atoms with E-state index in [2.05, 4.69) is 29.1 Å². The fourth-order valence-corrected chi connectivity index (χ4v) is 2.97. The zero-order valence-electron chi connectivity index (χ0n) is 12.6. The number of hydrogen-bond acceptors (Lipinski definition) is 2. The van der Waals surface area contributed by atoms with Gasteiger partial charge >= 0.3 is 0 Å². The molecule has 0 radical (unpaired) electrons. The second kappa shape index (κ2) is 7.13. The molecule has 4 heteroatoms. The molecule has 0 amide bonds. The minimum Gasteiger partial charge on any atom is -0.370 e. The molecule has 1 aliphatic heterocycles. The molecule has 2 rings (SSSR count). The summed E-state index contributed by atoms with van der Waals surface area (Å²) in [5.41, 5.74) is 5.93. The summed E-state index contributed by atoms with van der Waals surface area (Å²) >= 11 is 0. The largest absolute Gasteiger partial charge is 0.370 e. The normalized spacial score (nSPS) is 27.9. The molecule has 4 nitrogen and oxygen atoms in total. The number of rotatable bonds is 5. The number of hydrogen-bond donors (Lipinski definition) is 2. The van der Waals surface area contributed by atoms with Gasteiger partial charge in [0.15, 0.2) is 5.96 Å². The fourth-order valence-electron chi connectivity index (χ4n) is 2.97. The van der Waals surface area contributed by atoms with Gasteiger partial charge in [0.2, 0.25) is 0 Å². The Morgan fingerprint density at radius 3 is 2.79 bits per heavy atom. The lowest BCUT2D eigenvalue weighted by molar-refractivity contribution is 0.142. The van der Waals surface area contributed by atoms with Crippen LogP contribution >= 0.6 is 0 Å². The molecule has 3 N–H and O–H groups in total. The van der Waals surface area contributed by atoms with Gasteiger partial charge in [-0.2, -0.15) is 0 Å². The van der Waals surface area contributed by atoms with Crippen LogP contribution in [0.25, 0.3) is 0 Å². The number of nitrogens with zero attached hydrogens (tertiary/aromatic N) is 2. The van der Waals surface area contributed by atoms with E-state index in [9.17, 15) is 0 Å². The second-order valence-electron chi connectivity index (χ2n) is 6.50. The van der Waals surface area contributed by atoms with Crippen molar-refractivity contribution < 1.29 is 0 Å². The quantitative estimate of drug-likeness (QED) is 0.589. The minimum absolute atomic E-state index is 0.506. The highest BCUT2D eigenvalue weighted by Crippen LogP contribution is 2.25. The van der Waals surface area contributed by atoms with Gasteiger partial charge in [-0.05, 0) is 51.0 Å². The summed E-state index contributed by atoms with van der Waals surface area (Å²) < 4.78 is 0. The first-order valence-corrected chi connectivity index (χ1v) is 7.93. The zero-order chi connectivity index (χ0) is 13.7. The third-order valence-corrected chi connectivity index (χ3v) is 4.63. The van der Waals surface area contributed by atoms with Crippen molar-refractivity contribution >= 4 is 5.96 Å². The molecule has 2 aliphatic rings. The van der Waals surface area contributed by atoms with E-state index in [1.807, 2.05) is 0 Å². The molecule has 1 heterocycles. The average Bonchev–Trinajstić information content (AvgIpc) is 2.34. The van der Waals surface area contributed by atoms with E-state index in [-0.39, 0.29) is 0 Å². The predicted molar refractivity (Wildman–Crippen MR) is 81.3 cm³/mol. The summed E-state index contributed by atoms with van der Waals surface area (Å²) in [7, 11) is 0. The topological polar surface area (TPSA) is 53.6 Å². The number of aliphatic imine (C=N–C) groups is 1. The maximum absolute atomic E-state index is 5.93. The van der Waals surface area contributed by atoms with E-state index in [0.29, 0.717) is 12.0 Å². The van der Waals surface area contributed by atoms with Crippen molar-refractivity contribution in [3.8, 4) is 0 Å². The Kier molecular flexibility index (Phi) is 5.49. The van der Waals surface area contributed by atoms with Crippen molar-refractivity contribution in [2.24, 2.45) is 22.6 Å². The van der Waals surface area contributed by atoms with Crippen LogP contribution in [0.4, 0.5) is 0 Å². The molecule has 1 aliphatic carbocycles. The molecule has 19 heavy (non-hydrogen) atoms. The van der Waals surface area contributed by atoms with E-state index < -0.39 is 0 Å². The van der Waals surface area contributed by atoms with E-state index >= 15 is 0 Å². The number of guanidine groups is 1. The highest BCUT2D eigenvalue weighted by atomic mass is 15.2. The molecule has 2 unspecified atom stereocenters. The van der Waals surface area contributed by atoms with Gasteiger partial charge in [0, 0.05) is 19.1 Å². The zero-order valence-corrected chi connectivity index (χ0v) is 12.6. The van der Waals surface area contributed by atoms with Crippen LogP contribution < -0.4 is 11.1 Å². The van der Waals surface area contributed by atoms with Crippen molar-refractivity contribution in [2.75, 3.05) is 26.2 Å². The Morgan fingerprint density at radius 2 is 2.16 bits per heavy atom. The smallest absolute Gasteiger partial charge is 0.188 e. The van der Waals surface area contributed by atoms with Crippen LogP contribution in [0.2, 0.25) is 0 Å². The Labute approximate surface area is 117 Å². The van der Waals surface area contributed by atoms with Gasteiger partial charge in [-0.15, -0.1) is 0 Å². The molecule has 0 aromatic heterocycles. The van der Waals surface area contributed by atoms with Crippen LogP contribution in [0, 0.1) is 11.8 Å². The monoisotopic (exact) mass is 266 g/mol. The fraction of sp³-hybridized carbons (Fsp3) is 0.933. The average molecular weight is 266 g/mol. The van der Waals surface area contributed by atoms with E-state index in [0.717, 1.165) is 24.9 Å². The van der Waals surface area contributed by atoms with Gasteiger partial charge in [-0.25, -0.2) is 0 Å². The Balaban J connectivity index is 1.66. The first-order valence-electron chi connectivity index (χ1n) is 7.93. The lowest BCUT2D eigenvalue weighted by Gasteiger charge is -2.35. The van der Waals surface area contributed by atoms with Crippen molar-refractivity contribution in [3.63, 3.8) is 0 Å². The SMILES string of the molecule is CC1CCCN(C(C)CN=C(N)NCC2CCC2)C1. The molecule has 1 saturated carbocycles. The van der Waals surface area contributed by atoms with Crippen LogP contribution in [-0.2, 0) is 0 Å². The van der Waals surface area contributed by atoms with Gasteiger partial charge in [-0.3, -0.25) is 9.89 Å². The summed E-state index contributed by atoms with van der Waals surface area (Å²) in [4.78, 5) is 7.05. The summed E-state index contributed by atoms with van der Waals surface area (Å²) in [5.74, 6) is 2.28. The van der Waals surface area contributed by atoms with Gasteiger partial charge in [0.25, 0.3) is 0 Å². The number of likely N-dealkylation sites (tertiary alicyclic amines) is 1. The van der Waals surface area contributed by atoms with Gasteiger partial charge in [0.05, 0.1) is 6.54 Å². The van der Waals surface area contributed by atoms with E-state index in [1.165, 1.54) is 45.2 Å². The minimum atomic E-state index is 0.506. The Morgan fingerprint density at radius 1 is 1.37 bits per heavy atom. The van der Waals surface area contributed by atoms with Crippen LogP contribution in [0.5, 0.6) is 0 Å². The van der Waals surface area contributed by atoms with Crippen molar-refractivity contribution in [1.82, 2.24) is 10.2 Å². The highest BCUT2D eigenvalue weighted by molar-refractivity contribution is 5.77. The molecule has 0 spiro atoms. The van der Waals surface area contributed by atoms with Crippen LogP contribution in [-0.4, -0.2) is 43.1 Å². The molecule has 2 fully saturated rings. The molecule has 0 bridgehead atoms. The lowest BCUT2D eigenvalue weighted by atomic mass is 9.85. The van der Waals surface area contributed by atoms with Gasteiger partial charge < -0.3 is 11.1 Å². The lowest BCUT2D eigenvalue weighted by Crippen LogP contribution is -2.43. The standard InChI is InChI=1S/C15H30N4/c1-12-5-4-8-19(11-12)13(2)9-17-15(16)18-10-14-6-3-7-14/h12-14H,3-11H2,1-2H3,(H3,16,17,18). The molecular weight excluding hydrogens is 236 g/mol. The third kappa shape index (κ3) is 4.68. The van der Waals surface area contributed by atoms with E-state index in [4.69, 9.17) is 5.73 Å². The van der Waals surface area contributed by atoms with Crippen molar-refractivity contribution in [2.45, 2.75) is 52.0 Å². The first kappa shape index (κ1) is 14.6. The van der Waals surface area contributed by atoms with Crippen molar-refractivity contribution in [1.29, 1.82) is 0 Å². The molecule has 1 saturated heterocycles. The van der Waals surface area contributed by atoms with Crippen LogP contribution in [0.1, 0.15) is 46.0 Å². The maximum atomic E-state index is 5.93. The summed E-state index contributed by atoms with van der Waals surface area (Å²) in [6.45, 7) is 8.86. The van der Waals surface area contributed by atoms with Crippen LogP contribution in [0.15, 0.2) is 4.99 Å². The number of piperidine rings is 1. The summed E-state index contributed by atoms with van der Waals surface area (Å²) in [6.07, 6.45) is 6.78. The molecule has 2 atom stereocenters. The Hall–Kier alpha value is -0.770. The Bertz CT molecular complexity index is 299. The highest BCUT2D eigenvalue weighted by Gasteiger charge is 2.20. The van der Waals surface area contributed by atoms with Gasteiger partial charge in [-0.1, -0.05) is 13.3 Å². The summed E-state index contributed by atoms with van der Waals surface area (Å²) in [6, 6.07) is 0.506.